The highest BCUT2D eigenvalue weighted by Gasteiger charge is 2.32. The van der Waals surface area contributed by atoms with E-state index >= 15 is 0 Å². The zero-order chi connectivity index (χ0) is 18.1. The minimum absolute atomic E-state index is 0.998. The summed E-state index contributed by atoms with van der Waals surface area (Å²) in [5.74, 6) is 0. The molecule has 2 aromatic rings. The molecule has 130 valence electrons. The maximum atomic E-state index is 3.57. The third kappa shape index (κ3) is 2.77. The van der Waals surface area contributed by atoms with Gasteiger partial charge < -0.3 is 10.2 Å². The number of allylic oxidation sites excluding steroid dienone is 4. The van der Waals surface area contributed by atoms with Crippen LogP contribution in [0.3, 0.4) is 0 Å². The van der Waals surface area contributed by atoms with Gasteiger partial charge in [-0.15, -0.1) is 0 Å². The first kappa shape index (κ1) is 16.4. The van der Waals surface area contributed by atoms with Crippen LogP contribution < -0.4 is 15.1 Å². The van der Waals surface area contributed by atoms with Crippen molar-refractivity contribution >= 4 is 22.7 Å². The second kappa shape index (κ2) is 6.70. The quantitative estimate of drug-likeness (QED) is 0.727. The molecule has 3 heteroatoms. The molecule has 0 spiro atoms. The van der Waals surface area contributed by atoms with Gasteiger partial charge in [-0.2, -0.15) is 0 Å². The fourth-order valence-electron chi connectivity index (χ4n) is 3.59. The van der Waals surface area contributed by atoms with Gasteiger partial charge in [0, 0.05) is 18.8 Å². The van der Waals surface area contributed by atoms with Crippen molar-refractivity contribution < 1.29 is 0 Å². The molecule has 1 heterocycles. The summed E-state index contributed by atoms with van der Waals surface area (Å²) in [6, 6.07) is 17.2. The number of nitrogens with one attached hydrogen (secondary N) is 1. The highest BCUT2D eigenvalue weighted by Crippen LogP contribution is 2.44. The molecule has 1 aliphatic carbocycles. The molecule has 0 saturated heterocycles. The highest BCUT2D eigenvalue weighted by molar-refractivity contribution is 5.88. The lowest BCUT2D eigenvalue weighted by molar-refractivity contribution is 0.866. The Hall–Kier alpha value is -3.03. The van der Waals surface area contributed by atoms with Gasteiger partial charge in [-0.1, -0.05) is 18.2 Å². The number of benzene rings is 2. The normalized spacial score (nSPS) is 14.9. The third-order valence-corrected chi connectivity index (χ3v) is 4.94. The van der Waals surface area contributed by atoms with E-state index in [1.165, 1.54) is 11.4 Å². The van der Waals surface area contributed by atoms with Crippen molar-refractivity contribution in [1.82, 2.24) is 0 Å². The Morgan fingerprint density at radius 3 is 2.50 bits per heavy atom. The molecule has 0 radical (unpaired) electrons. The Kier molecular flexibility index (Phi) is 4.24. The lowest BCUT2D eigenvalue weighted by Crippen LogP contribution is -2.27. The van der Waals surface area contributed by atoms with E-state index in [1.54, 1.807) is 0 Å². The number of fused-ring (bicyclic) bond motifs is 1. The van der Waals surface area contributed by atoms with E-state index in [2.05, 4.69) is 103 Å². The number of anilines is 4. The summed E-state index contributed by atoms with van der Waals surface area (Å²) in [6.45, 7) is 8.47. The second-order valence-electron chi connectivity index (χ2n) is 6.57. The van der Waals surface area contributed by atoms with E-state index < -0.39 is 0 Å². The lowest BCUT2D eigenvalue weighted by Gasteiger charge is -2.31. The number of para-hydroxylation sites is 1. The van der Waals surface area contributed by atoms with E-state index in [0.717, 1.165) is 41.4 Å². The Labute approximate surface area is 155 Å². The first-order chi connectivity index (χ1) is 12.7. The molecule has 26 heavy (non-hydrogen) atoms. The summed E-state index contributed by atoms with van der Waals surface area (Å²) >= 11 is 0. The molecule has 2 aromatic carbocycles. The van der Waals surface area contributed by atoms with Crippen LogP contribution in [-0.2, 0) is 0 Å². The molecule has 1 N–H and O–H groups in total. The van der Waals surface area contributed by atoms with Crippen LogP contribution in [0.1, 0.15) is 20.8 Å². The minimum atomic E-state index is 0.998. The molecule has 0 aromatic heterocycles. The first-order valence-electron chi connectivity index (χ1n) is 9.25. The largest absolute Gasteiger partial charge is 0.372 e. The molecule has 0 fully saturated rings. The predicted molar refractivity (Wildman–Crippen MR) is 111 cm³/mol. The maximum Gasteiger partial charge on any atom is 0.232 e. The van der Waals surface area contributed by atoms with E-state index in [-0.39, 0.29) is 0 Å². The van der Waals surface area contributed by atoms with Crippen molar-refractivity contribution in [3.63, 3.8) is 0 Å². The zero-order valence-electron chi connectivity index (χ0n) is 15.6. The van der Waals surface area contributed by atoms with Crippen LogP contribution in [0.25, 0.3) is 0 Å². The van der Waals surface area contributed by atoms with Crippen LogP contribution in [0.4, 0.5) is 22.7 Å². The average Bonchev–Trinajstić information content (AvgIpc) is 2.67. The molecule has 0 amide bonds. The van der Waals surface area contributed by atoms with E-state index in [9.17, 15) is 0 Å². The van der Waals surface area contributed by atoms with Crippen molar-refractivity contribution in [2.45, 2.75) is 20.8 Å². The lowest BCUT2D eigenvalue weighted by atomic mass is 10.0. The molecule has 3 nitrogen and oxygen atoms in total. The fourth-order valence-corrected chi connectivity index (χ4v) is 3.59. The van der Waals surface area contributed by atoms with Crippen LogP contribution in [0.15, 0.2) is 77.7 Å². The molecule has 0 atom stereocenters. The molecule has 0 saturated carbocycles. The SMILES string of the molecule is CCN(CC)c1ccc2c(c1)N(c1ccccc1)C1=C([C+]=C(C)C=C1)N2. The van der Waals surface area contributed by atoms with E-state index in [4.69, 9.17) is 0 Å². The topological polar surface area (TPSA) is 18.5 Å². The van der Waals surface area contributed by atoms with E-state index in [1.807, 2.05) is 0 Å². The van der Waals surface area contributed by atoms with Crippen LogP contribution in [0.2, 0.25) is 0 Å². The fraction of sp³-hybridized carbons (Fsp3) is 0.217. The highest BCUT2D eigenvalue weighted by atomic mass is 15.2. The van der Waals surface area contributed by atoms with Gasteiger partial charge >= 0.3 is 0 Å². The van der Waals surface area contributed by atoms with Crippen LogP contribution in [-0.4, -0.2) is 13.1 Å². The number of nitrogens with zero attached hydrogens (tertiary/aromatic N) is 2. The van der Waals surface area contributed by atoms with Gasteiger partial charge in [0.1, 0.15) is 5.57 Å². The predicted octanol–water partition coefficient (Wildman–Crippen LogP) is 5.63. The van der Waals surface area contributed by atoms with Crippen molar-refractivity contribution in [3.8, 4) is 0 Å². The maximum absolute atomic E-state index is 3.57. The first-order valence-corrected chi connectivity index (χ1v) is 9.25. The molecular formula is C23H24N3+. The summed E-state index contributed by atoms with van der Waals surface area (Å²) in [5, 5.41) is 3.57. The molecular weight excluding hydrogens is 318 g/mol. The molecule has 0 unspecified atom stereocenters. The van der Waals surface area contributed by atoms with Gasteiger partial charge in [0.2, 0.25) is 5.70 Å². The summed E-state index contributed by atoms with van der Waals surface area (Å²) < 4.78 is 0. The smallest absolute Gasteiger partial charge is 0.232 e. The molecule has 0 bridgehead atoms. The standard InChI is InChI=1S/C23H24N3/c1-4-25(5-2)19-12-13-20-23(16-19)26(18-9-7-6-8-10-18)22-14-11-17(3)15-21(22)24-20/h6-14,16,24H,4-5H2,1-3H3/q+1. The monoisotopic (exact) mass is 342 g/mol. The molecule has 4 rings (SSSR count). The van der Waals surface area contributed by atoms with Crippen LogP contribution in [0.5, 0.6) is 0 Å². The van der Waals surface area contributed by atoms with Gasteiger partial charge in [0.15, 0.2) is 5.70 Å². The summed E-state index contributed by atoms with van der Waals surface area (Å²) in [5.41, 5.74) is 7.97. The third-order valence-electron chi connectivity index (χ3n) is 4.94. The average molecular weight is 342 g/mol. The number of rotatable bonds is 4. The van der Waals surface area contributed by atoms with Gasteiger partial charge in [-0.05, 0) is 51.1 Å². The Bertz CT molecular complexity index is 902. The number of hydrogen-bond donors (Lipinski definition) is 1. The summed E-state index contributed by atoms with van der Waals surface area (Å²) in [7, 11) is 0. The minimum Gasteiger partial charge on any atom is -0.372 e. The van der Waals surface area contributed by atoms with Gasteiger partial charge in [-0.25, -0.2) is 0 Å². The Balaban J connectivity index is 1.89. The Morgan fingerprint density at radius 1 is 1.00 bits per heavy atom. The Morgan fingerprint density at radius 2 is 1.77 bits per heavy atom. The summed E-state index contributed by atoms with van der Waals surface area (Å²) in [4.78, 5) is 4.70. The van der Waals surface area contributed by atoms with Crippen LogP contribution in [0, 0.1) is 6.08 Å². The molecule has 1 aliphatic heterocycles. The van der Waals surface area contributed by atoms with Gasteiger partial charge in [-0.3, -0.25) is 4.90 Å². The van der Waals surface area contributed by atoms with Crippen molar-refractivity contribution in [2.24, 2.45) is 0 Å². The second-order valence-corrected chi connectivity index (χ2v) is 6.57. The zero-order valence-corrected chi connectivity index (χ0v) is 15.6. The summed E-state index contributed by atoms with van der Waals surface area (Å²) in [6.07, 6.45) is 7.76. The van der Waals surface area contributed by atoms with Crippen molar-refractivity contribution in [3.05, 3.63) is 83.7 Å². The van der Waals surface area contributed by atoms with E-state index in [0.29, 0.717) is 0 Å². The van der Waals surface area contributed by atoms with Gasteiger partial charge in [0.25, 0.3) is 0 Å². The van der Waals surface area contributed by atoms with Crippen LogP contribution >= 0.6 is 0 Å². The van der Waals surface area contributed by atoms with Crippen molar-refractivity contribution in [1.29, 1.82) is 0 Å². The van der Waals surface area contributed by atoms with Crippen molar-refractivity contribution in [2.75, 3.05) is 28.2 Å². The van der Waals surface area contributed by atoms with Gasteiger partial charge in [0.05, 0.1) is 35.3 Å². The molecule has 2 aliphatic rings. The number of hydrogen-bond acceptors (Lipinski definition) is 3.